The average Bonchev–Trinajstić information content (AvgIpc) is 2.43. The lowest BCUT2D eigenvalue weighted by atomic mass is 9.97. The van der Waals surface area contributed by atoms with Crippen LogP contribution in [0.15, 0.2) is 43.3 Å². The van der Waals surface area contributed by atoms with Gasteiger partial charge in [-0.15, -0.1) is 0 Å². The maximum atomic E-state index is 11.4. The Morgan fingerprint density at radius 2 is 1.36 bits per heavy atom. The van der Waals surface area contributed by atoms with E-state index >= 15 is 0 Å². The molecule has 0 amide bonds. The standard InChI is InChI=1S/C8H8INO3.C8H9NO3/c1-4-3-5(2)7(10(12)13)8(11)6(4)9;1-5-3-6(2)8(9(11)12)7(10)4-5/h3H2,1-2H3;4H,3H2,1-2H3. The number of ketones is 2. The highest BCUT2D eigenvalue weighted by molar-refractivity contribution is 14.1. The Hall–Kier alpha value is -2.17. The summed E-state index contributed by atoms with van der Waals surface area (Å²) in [6.07, 6.45) is 2.38. The zero-order valence-electron chi connectivity index (χ0n) is 14.2. The molecular weight excluding hydrogens is 443 g/mol. The Kier molecular flexibility index (Phi) is 6.91. The molecule has 2 rings (SSSR count). The monoisotopic (exact) mass is 460 g/mol. The quantitative estimate of drug-likeness (QED) is 0.352. The van der Waals surface area contributed by atoms with E-state index in [2.05, 4.69) is 0 Å². The smallest absolute Gasteiger partial charge is 0.282 e. The molecule has 0 aromatic rings. The lowest BCUT2D eigenvalue weighted by Gasteiger charge is -2.11. The molecule has 0 spiro atoms. The molecule has 0 atom stereocenters. The second-order valence-electron chi connectivity index (χ2n) is 5.90. The number of carbonyl (C=O) groups is 2. The maximum Gasteiger partial charge on any atom is 0.316 e. The second kappa shape index (κ2) is 8.28. The molecule has 0 heterocycles. The van der Waals surface area contributed by atoms with Gasteiger partial charge in [0.1, 0.15) is 0 Å². The molecule has 0 radical (unpaired) electrons. The van der Waals surface area contributed by atoms with E-state index in [1.807, 2.05) is 29.5 Å². The number of allylic oxidation sites excluding steroid dienone is 6. The maximum absolute atomic E-state index is 11.4. The van der Waals surface area contributed by atoms with E-state index in [0.29, 0.717) is 27.6 Å². The molecule has 0 bridgehead atoms. The zero-order chi connectivity index (χ0) is 19.5. The van der Waals surface area contributed by atoms with Crippen molar-refractivity contribution in [3.8, 4) is 0 Å². The van der Waals surface area contributed by atoms with E-state index in [4.69, 9.17) is 0 Å². The molecule has 0 saturated carbocycles. The molecule has 8 nitrogen and oxygen atoms in total. The lowest BCUT2D eigenvalue weighted by Crippen LogP contribution is -2.18. The average molecular weight is 460 g/mol. The summed E-state index contributed by atoms with van der Waals surface area (Å²) in [5.41, 5.74) is 2.37. The predicted molar refractivity (Wildman–Crippen MR) is 99.1 cm³/mol. The van der Waals surface area contributed by atoms with Gasteiger partial charge in [-0.3, -0.25) is 29.8 Å². The molecule has 0 unspecified atom stereocenters. The van der Waals surface area contributed by atoms with Crippen LogP contribution in [0, 0.1) is 20.2 Å². The highest BCUT2D eigenvalue weighted by Crippen LogP contribution is 2.30. The highest BCUT2D eigenvalue weighted by Gasteiger charge is 2.32. The van der Waals surface area contributed by atoms with E-state index in [9.17, 15) is 29.8 Å². The SMILES string of the molecule is CC1=C(I)C(=O)C([N+](=O)[O-])=C(C)C1.CC1=CC(=O)C([N+](=O)[O-])=C(C)C1. The number of hydrogen-bond acceptors (Lipinski definition) is 6. The van der Waals surface area contributed by atoms with Crippen LogP contribution >= 0.6 is 22.6 Å². The summed E-state index contributed by atoms with van der Waals surface area (Å²) in [5.74, 6) is -0.937. The highest BCUT2D eigenvalue weighted by atomic mass is 127. The molecule has 2 aliphatic carbocycles. The van der Waals surface area contributed by atoms with Gasteiger partial charge < -0.3 is 0 Å². The Balaban J connectivity index is 0.000000251. The van der Waals surface area contributed by atoms with Gasteiger partial charge in [-0.25, -0.2) is 0 Å². The number of hydrogen-bond donors (Lipinski definition) is 0. The van der Waals surface area contributed by atoms with Gasteiger partial charge in [-0.1, -0.05) is 11.1 Å². The van der Waals surface area contributed by atoms with Gasteiger partial charge in [0.05, 0.1) is 13.4 Å². The van der Waals surface area contributed by atoms with Crippen LogP contribution in [-0.4, -0.2) is 21.4 Å². The van der Waals surface area contributed by atoms with Crippen LogP contribution in [0.3, 0.4) is 0 Å². The summed E-state index contributed by atoms with van der Waals surface area (Å²) in [7, 11) is 0. The van der Waals surface area contributed by atoms with Crippen molar-refractivity contribution in [3.05, 3.63) is 63.6 Å². The van der Waals surface area contributed by atoms with E-state index in [1.54, 1.807) is 20.8 Å². The number of carbonyl (C=O) groups excluding carboxylic acids is 2. The first-order valence-corrected chi connectivity index (χ1v) is 8.35. The number of Topliss-reactive ketones (excluding diaryl/α,β-unsaturated/α-hetero) is 1. The van der Waals surface area contributed by atoms with Gasteiger partial charge in [0.2, 0.25) is 0 Å². The third-order valence-corrected chi connectivity index (χ3v) is 5.06. The van der Waals surface area contributed by atoms with Crippen LogP contribution in [0.5, 0.6) is 0 Å². The first kappa shape index (κ1) is 20.9. The first-order valence-electron chi connectivity index (χ1n) is 7.27. The third kappa shape index (κ3) is 4.91. The van der Waals surface area contributed by atoms with Crippen LogP contribution < -0.4 is 0 Å². The molecule has 0 fully saturated rings. The van der Waals surface area contributed by atoms with Crippen LogP contribution in [0.2, 0.25) is 0 Å². The third-order valence-electron chi connectivity index (χ3n) is 3.65. The second-order valence-corrected chi connectivity index (χ2v) is 6.98. The molecular formula is C16H17IN2O6. The number of nitro groups is 2. The fourth-order valence-electron chi connectivity index (χ4n) is 2.59. The Morgan fingerprint density at radius 1 is 0.880 bits per heavy atom. The Bertz CT molecular complexity index is 801. The minimum Gasteiger partial charge on any atom is -0.282 e. The molecule has 9 heteroatoms. The Morgan fingerprint density at radius 3 is 1.80 bits per heavy atom. The van der Waals surface area contributed by atoms with Crippen molar-refractivity contribution >= 4 is 34.2 Å². The van der Waals surface area contributed by atoms with Crippen molar-refractivity contribution in [1.82, 2.24) is 0 Å². The molecule has 0 aliphatic heterocycles. The first-order chi connectivity index (χ1) is 11.5. The fourth-order valence-corrected chi connectivity index (χ4v) is 3.04. The molecule has 25 heavy (non-hydrogen) atoms. The molecule has 0 saturated heterocycles. The van der Waals surface area contributed by atoms with Crippen LogP contribution in [0.1, 0.15) is 40.5 Å². The van der Waals surface area contributed by atoms with Gasteiger partial charge in [-0.05, 0) is 69.2 Å². The van der Waals surface area contributed by atoms with E-state index in [0.717, 1.165) is 11.1 Å². The summed E-state index contributed by atoms with van der Waals surface area (Å²) >= 11 is 1.86. The van der Waals surface area contributed by atoms with Crippen molar-refractivity contribution in [1.29, 1.82) is 0 Å². The summed E-state index contributed by atoms with van der Waals surface area (Å²) in [4.78, 5) is 42.2. The van der Waals surface area contributed by atoms with Crippen molar-refractivity contribution in [3.63, 3.8) is 0 Å². The predicted octanol–water partition coefficient (Wildman–Crippen LogP) is 3.68. The topological polar surface area (TPSA) is 120 Å². The van der Waals surface area contributed by atoms with Gasteiger partial charge in [0, 0.05) is 11.1 Å². The molecule has 2 aliphatic rings. The molecule has 134 valence electrons. The van der Waals surface area contributed by atoms with Crippen molar-refractivity contribution in [2.45, 2.75) is 40.5 Å². The largest absolute Gasteiger partial charge is 0.316 e. The van der Waals surface area contributed by atoms with E-state index < -0.39 is 21.4 Å². The van der Waals surface area contributed by atoms with Gasteiger partial charge in [0.15, 0.2) is 0 Å². The molecule has 0 aromatic carbocycles. The fraction of sp³-hybridized carbons (Fsp3) is 0.375. The molecule has 0 aromatic heterocycles. The van der Waals surface area contributed by atoms with Crippen molar-refractivity contribution < 1.29 is 19.4 Å². The van der Waals surface area contributed by atoms with Crippen LogP contribution in [-0.2, 0) is 9.59 Å². The van der Waals surface area contributed by atoms with Crippen LogP contribution in [0.4, 0.5) is 0 Å². The summed E-state index contributed by atoms with van der Waals surface area (Å²) in [6, 6.07) is 0. The van der Waals surface area contributed by atoms with Crippen LogP contribution in [0.25, 0.3) is 0 Å². The minimum absolute atomic E-state index is 0.255. The van der Waals surface area contributed by atoms with Gasteiger partial charge in [0.25, 0.3) is 11.6 Å². The van der Waals surface area contributed by atoms with E-state index in [1.165, 1.54) is 6.08 Å². The summed E-state index contributed by atoms with van der Waals surface area (Å²) in [5, 5.41) is 20.9. The summed E-state index contributed by atoms with van der Waals surface area (Å²) in [6.45, 7) is 6.85. The number of nitrogens with zero attached hydrogens (tertiary/aromatic N) is 2. The zero-order valence-corrected chi connectivity index (χ0v) is 16.4. The number of halogens is 1. The van der Waals surface area contributed by atoms with Crippen molar-refractivity contribution in [2.75, 3.05) is 0 Å². The summed E-state index contributed by atoms with van der Waals surface area (Å²) < 4.78 is 0.481. The van der Waals surface area contributed by atoms with Gasteiger partial charge in [-0.2, -0.15) is 0 Å². The Labute approximate surface area is 157 Å². The number of rotatable bonds is 2. The minimum atomic E-state index is -0.611. The normalized spacial score (nSPS) is 18.0. The van der Waals surface area contributed by atoms with Gasteiger partial charge >= 0.3 is 11.4 Å². The molecule has 0 N–H and O–H groups in total. The lowest BCUT2D eigenvalue weighted by molar-refractivity contribution is -0.419. The van der Waals surface area contributed by atoms with E-state index in [-0.39, 0.29) is 11.4 Å². The van der Waals surface area contributed by atoms with Crippen molar-refractivity contribution in [2.24, 2.45) is 0 Å².